The van der Waals surface area contributed by atoms with Crippen molar-refractivity contribution in [2.24, 2.45) is 0 Å². The third-order valence-electron chi connectivity index (χ3n) is 3.03. The third kappa shape index (κ3) is 2.42. The first kappa shape index (κ1) is 11.1. The van der Waals surface area contributed by atoms with Crippen molar-refractivity contribution in [1.29, 1.82) is 0 Å². The van der Waals surface area contributed by atoms with Crippen molar-refractivity contribution in [3.8, 4) is 0 Å². The Hall–Kier alpha value is -1.35. The van der Waals surface area contributed by atoms with Crippen LogP contribution < -0.4 is 10.6 Å². The van der Waals surface area contributed by atoms with Gasteiger partial charge in [0.2, 0.25) is 5.91 Å². The molecule has 3 nitrogen and oxygen atoms in total. The molecule has 1 saturated heterocycles. The minimum Gasteiger partial charge on any atom is -0.324 e. The molecule has 1 atom stereocenters. The Bertz CT molecular complexity index is 395. The molecule has 1 aromatic carbocycles. The van der Waals surface area contributed by atoms with E-state index in [-0.39, 0.29) is 11.9 Å². The Labute approximate surface area is 96.2 Å². The summed E-state index contributed by atoms with van der Waals surface area (Å²) in [7, 11) is 0. The number of aryl methyl sites for hydroxylation is 2. The first-order valence-electron chi connectivity index (χ1n) is 5.78. The molecule has 0 bridgehead atoms. The molecule has 1 heterocycles. The monoisotopic (exact) mass is 218 g/mol. The predicted octanol–water partition coefficient (Wildman–Crippen LogP) is 1.99. The molecule has 86 valence electrons. The van der Waals surface area contributed by atoms with E-state index in [1.165, 1.54) is 5.56 Å². The molecule has 2 N–H and O–H groups in total. The van der Waals surface area contributed by atoms with Gasteiger partial charge in [-0.25, -0.2) is 0 Å². The van der Waals surface area contributed by atoms with Gasteiger partial charge in [0.15, 0.2) is 0 Å². The first-order valence-corrected chi connectivity index (χ1v) is 5.78. The summed E-state index contributed by atoms with van der Waals surface area (Å²) in [5.41, 5.74) is 3.20. The quantitative estimate of drug-likeness (QED) is 0.797. The van der Waals surface area contributed by atoms with Gasteiger partial charge in [0.05, 0.1) is 6.04 Å². The molecule has 0 aromatic heterocycles. The van der Waals surface area contributed by atoms with E-state index >= 15 is 0 Å². The molecule has 0 unspecified atom stereocenters. The normalized spacial score (nSPS) is 19.8. The molecule has 1 fully saturated rings. The van der Waals surface area contributed by atoms with Crippen molar-refractivity contribution in [2.45, 2.75) is 32.7 Å². The van der Waals surface area contributed by atoms with E-state index in [0.717, 1.165) is 30.6 Å². The Morgan fingerprint density at radius 3 is 2.94 bits per heavy atom. The number of hydrogen-bond donors (Lipinski definition) is 2. The van der Waals surface area contributed by atoms with Crippen molar-refractivity contribution in [3.63, 3.8) is 0 Å². The maximum Gasteiger partial charge on any atom is 0.241 e. The minimum absolute atomic E-state index is 0.0140. The van der Waals surface area contributed by atoms with Gasteiger partial charge in [0.25, 0.3) is 0 Å². The number of rotatable bonds is 2. The highest BCUT2D eigenvalue weighted by Crippen LogP contribution is 2.17. The summed E-state index contributed by atoms with van der Waals surface area (Å²) in [6.07, 6.45) is 2.03. The molecule has 0 aliphatic carbocycles. The van der Waals surface area contributed by atoms with Crippen molar-refractivity contribution >= 4 is 11.6 Å². The highest BCUT2D eigenvalue weighted by molar-refractivity contribution is 5.95. The fraction of sp³-hybridized carbons (Fsp3) is 0.462. The highest BCUT2D eigenvalue weighted by atomic mass is 16.2. The van der Waals surface area contributed by atoms with Crippen LogP contribution in [0.25, 0.3) is 0 Å². The second kappa shape index (κ2) is 4.66. The molecular formula is C13H18N2O. The van der Waals surface area contributed by atoms with Crippen LogP contribution in [0, 0.1) is 13.8 Å². The number of carbonyl (C=O) groups excluding carboxylic acids is 1. The zero-order valence-electron chi connectivity index (χ0n) is 9.84. The first-order chi connectivity index (χ1) is 7.66. The summed E-state index contributed by atoms with van der Waals surface area (Å²) in [6.45, 7) is 4.99. The van der Waals surface area contributed by atoms with Gasteiger partial charge in [-0.05, 0) is 50.4 Å². The second-order valence-corrected chi connectivity index (χ2v) is 4.46. The SMILES string of the molecule is Cc1ccc(C)c(NC(=O)[C@H]2CCCN2)c1. The van der Waals surface area contributed by atoms with Crippen LogP contribution in [0.15, 0.2) is 18.2 Å². The average Bonchev–Trinajstić information content (AvgIpc) is 2.76. The van der Waals surface area contributed by atoms with Gasteiger partial charge in [0, 0.05) is 5.69 Å². The van der Waals surface area contributed by atoms with Crippen LogP contribution in [-0.2, 0) is 4.79 Å². The fourth-order valence-corrected chi connectivity index (χ4v) is 2.00. The second-order valence-electron chi connectivity index (χ2n) is 4.46. The van der Waals surface area contributed by atoms with Crippen molar-refractivity contribution in [2.75, 3.05) is 11.9 Å². The Morgan fingerprint density at radius 1 is 1.44 bits per heavy atom. The van der Waals surface area contributed by atoms with E-state index in [2.05, 4.69) is 16.7 Å². The third-order valence-corrected chi connectivity index (χ3v) is 3.03. The number of amides is 1. The lowest BCUT2D eigenvalue weighted by Crippen LogP contribution is -2.35. The van der Waals surface area contributed by atoms with Crippen molar-refractivity contribution < 1.29 is 4.79 Å². The summed E-state index contributed by atoms with van der Waals surface area (Å²) in [5, 5.41) is 6.19. The smallest absolute Gasteiger partial charge is 0.241 e. The van der Waals surface area contributed by atoms with Crippen LogP contribution in [-0.4, -0.2) is 18.5 Å². The number of benzene rings is 1. The standard InChI is InChI=1S/C13H18N2O/c1-9-5-6-10(2)12(8-9)15-13(16)11-4-3-7-14-11/h5-6,8,11,14H,3-4,7H2,1-2H3,(H,15,16)/t11-/m1/s1. The molecule has 1 aromatic rings. The highest BCUT2D eigenvalue weighted by Gasteiger charge is 2.22. The number of anilines is 1. The summed E-state index contributed by atoms with van der Waals surface area (Å²) in [6, 6.07) is 6.09. The number of nitrogens with one attached hydrogen (secondary N) is 2. The van der Waals surface area contributed by atoms with Gasteiger partial charge in [-0.15, -0.1) is 0 Å². The number of carbonyl (C=O) groups is 1. The fourth-order valence-electron chi connectivity index (χ4n) is 2.00. The van der Waals surface area contributed by atoms with E-state index < -0.39 is 0 Å². The van der Waals surface area contributed by atoms with E-state index in [4.69, 9.17) is 0 Å². The van der Waals surface area contributed by atoms with Crippen LogP contribution >= 0.6 is 0 Å². The summed E-state index contributed by atoms with van der Waals surface area (Å²) >= 11 is 0. The topological polar surface area (TPSA) is 41.1 Å². The van der Waals surface area contributed by atoms with Crippen molar-refractivity contribution in [1.82, 2.24) is 5.32 Å². The molecule has 2 rings (SSSR count). The molecular weight excluding hydrogens is 200 g/mol. The largest absolute Gasteiger partial charge is 0.324 e. The molecule has 1 aliphatic heterocycles. The van der Waals surface area contributed by atoms with E-state index in [9.17, 15) is 4.79 Å². The van der Waals surface area contributed by atoms with Gasteiger partial charge >= 0.3 is 0 Å². The average molecular weight is 218 g/mol. The predicted molar refractivity (Wildman–Crippen MR) is 65.6 cm³/mol. The number of hydrogen-bond acceptors (Lipinski definition) is 2. The maximum atomic E-state index is 11.9. The van der Waals surface area contributed by atoms with Gasteiger partial charge < -0.3 is 10.6 Å². The molecule has 0 saturated carbocycles. The van der Waals surface area contributed by atoms with Crippen molar-refractivity contribution in [3.05, 3.63) is 29.3 Å². The molecule has 16 heavy (non-hydrogen) atoms. The lowest BCUT2D eigenvalue weighted by Gasteiger charge is -2.13. The zero-order valence-corrected chi connectivity index (χ0v) is 9.84. The van der Waals surface area contributed by atoms with Gasteiger partial charge in [-0.3, -0.25) is 4.79 Å². The van der Waals surface area contributed by atoms with Crippen LogP contribution in [0.1, 0.15) is 24.0 Å². The van der Waals surface area contributed by atoms with Gasteiger partial charge in [-0.2, -0.15) is 0 Å². The van der Waals surface area contributed by atoms with Crippen LogP contribution in [0.2, 0.25) is 0 Å². The summed E-state index contributed by atoms with van der Waals surface area (Å²) in [4.78, 5) is 11.9. The van der Waals surface area contributed by atoms with E-state index in [1.807, 2.05) is 26.0 Å². The van der Waals surface area contributed by atoms with Gasteiger partial charge in [-0.1, -0.05) is 12.1 Å². The van der Waals surface area contributed by atoms with Crippen LogP contribution in [0.3, 0.4) is 0 Å². The zero-order chi connectivity index (χ0) is 11.5. The van der Waals surface area contributed by atoms with E-state index in [0.29, 0.717) is 0 Å². The lowest BCUT2D eigenvalue weighted by molar-refractivity contribution is -0.117. The Kier molecular flexibility index (Phi) is 3.25. The Balaban J connectivity index is 2.07. The lowest BCUT2D eigenvalue weighted by atomic mass is 10.1. The molecule has 3 heteroatoms. The summed E-state index contributed by atoms with van der Waals surface area (Å²) in [5.74, 6) is 0.0891. The molecule has 0 radical (unpaired) electrons. The van der Waals surface area contributed by atoms with E-state index in [1.54, 1.807) is 0 Å². The van der Waals surface area contributed by atoms with Crippen LogP contribution in [0.5, 0.6) is 0 Å². The summed E-state index contributed by atoms with van der Waals surface area (Å²) < 4.78 is 0. The van der Waals surface area contributed by atoms with Crippen LogP contribution in [0.4, 0.5) is 5.69 Å². The minimum atomic E-state index is -0.0140. The molecule has 1 amide bonds. The maximum absolute atomic E-state index is 11.9. The molecule has 0 spiro atoms. The Morgan fingerprint density at radius 2 is 2.25 bits per heavy atom. The van der Waals surface area contributed by atoms with Gasteiger partial charge in [0.1, 0.15) is 0 Å². The molecule has 1 aliphatic rings.